The minimum absolute atomic E-state index is 0.0415. The van der Waals surface area contributed by atoms with E-state index in [0.29, 0.717) is 5.57 Å². The zero-order valence-electron chi connectivity index (χ0n) is 7.43. The topological polar surface area (TPSA) is 89.4 Å². The number of phenolic OH excluding ortho intramolecular Hbond substituents is 1. The summed E-state index contributed by atoms with van der Waals surface area (Å²) in [5.74, 6) is -0.0415. The van der Waals surface area contributed by atoms with Crippen molar-refractivity contribution in [3.63, 3.8) is 0 Å². The predicted octanol–water partition coefficient (Wildman–Crippen LogP) is 1.27. The average molecular weight is 194 g/mol. The van der Waals surface area contributed by atoms with E-state index < -0.39 is 4.92 Å². The number of aromatic hydroxyl groups is 1. The maximum atomic E-state index is 10.6. The van der Waals surface area contributed by atoms with Crippen LogP contribution >= 0.6 is 0 Å². The van der Waals surface area contributed by atoms with E-state index in [1.807, 2.05) is 0 Å². The minimum Gasteiger partial charge on any atom is -0.508 e. The van der Waals surface area contributed by atoms with Crippen molar-refractivity contribution in [1.29, 1.82) is 0 Å². The van der Waals surface area contributed by atoms with Gasteiger partial charge in [-0.1, -0.05) is 6.58 Å². The Balaban J connectivity index is 3.29. The van der Waals surface area contributed by atoms with Gasteiger partial charge in [0, 0.05) is 12.6 Å². The van der Waals surface area contributed by atoms with Gasteiger partial charge in [0.25, 0.3) is 5.69 Å². The number of rotatable bonds is 3. The Morgan fingerprint density at radius 2 is 2.29 bits per heavy atom. The van der Waals surface area contributed by atoms with Crippen LogP contribution in [-0.2, 0) is 0 Å². The van der Waals surface area contributed by atoms with Gasteiger partial charge in [-0.3, -0.25) is 10.1 Å². The van der Waals surface area contributed by atoms with Crippen LogP contribution in [0.1, 0.15) is 5.56 Å². The zero-order chi connectivity index (χ0) is 10.7. The van der Waals surface area contributed by atoms with Crippen LogP contribution in [0.3, 0.4) is 0 Å². The molecule has 0 aliphatic carbocycles. The molecule has 3 N–H and O–H groups in total. The molecule has 5 nitrogen and oxygen atoms in total. The smallest absolute Gasteiger partial charge is 0.277 e. The zero-order valence-corrected chi connectivity index (χ0v) is 7.43. The van der Waals surface area contributed by atoms with E-state index in [1.165, 1.54) is 18.2 Å². The Bertz CT molecular complexity index is 388. The molecule has 0 bridgehead atoms. The van der Waals surface area contributed by atoms with Crippen LogP contribution in [0.2, 0.25) is 0 Å². The molecule has 0 fully saturated rings. The summed E-state index contributed by atoms with van der Waals surface area (Å²) in [6, 6.07) is 3.77. The second-order valence-corrected chi connectivity index (χ2v) is 2.77. The van der Waals surface area contributed by atoms with Crippen LogP contribution in [0.25, 0.3) is 5.57 Å². The van der Waals surface area contributed by atoms with Gasteiger partial charge in [0.2, 0.25) is 0 Å². The Hall–Kier alpha value is -1.88. The van der Waals surface area contributed by atoms with Crippen molar-refractivity contribution in [2.24, 2.45) is 5.73 Å². The van der Waals surface area contributed by atoms with Gasteiger partial charge in [-0.15, -0.1) is 0 Å². The number of nitro groups is 1. The highest BCUT2D eigenvalue weighted by Crippen LogP contribution is 2.27. The van der Waals surface area contributed by atoms with Gasteiger partial charge < -0.3 is 10.8 Å². The van der Waals surface area contributed by atoms with E-state index in [2.05, 4.69) is 6.58 Å². The average Bonchev–Trinajstić information content (AvgIpc) is 2.16. The van der Waals surface area contributed by atoms with Gasteiger partial charge in [0.15, 0.2) is 0 Å². The minimum atomic E-state index is -0.532. The first-order valence-corrected chi connectivity index (χ1v) is 3.92. The number of benzene rings is 1. The molecule has 1 aromatic rings. The second-order valence-electron chi connectivity index (χ2n) is 2.77. The number of nitrogens with two attached hydrogens (primary N) is 1. The summed E-state index contributed by atoms with van der Waals surface area (Å²) >= 11 is 0. The van der Waals surface area contributed by atoms with Crippen molar-refractivity contribution >= 4 is 11.3 Å². The monoisotopic (exact) mass is 194 g/mol. The molecule has 0 amide bonds. The lowest BCUT2D eigenvalue weighted by Gasteiger charge is -2.04. The van der Waals surface area contributed by atoms with E-state index in [-0.39, 0.29) is 23.5 Å². The maximum absolute atomic E-state index is 10.6. The lowest BCUT2D eigenvalue weighted by Crippen LogP contribution is -2.03. The molecular formula is C9H10N2O3. The van der Waals surface area contributed by atoms with Crippen molar-refractivity contribution in [2.75, 3.05) is 6.54 Å². The summed E-state index contributed by atoms with van der Waals surface area (Å²) < 4.78 is 0. The highest BCUT2D eigenvalue weighted by Gasteiger charge is 2.15. The van der Waals surface area contributed by atoms with E-state index in [1.54, 1.807) is 0 Å². The molecular weight excluding hydrogens is 184 g/mol. The van der Waals surface area contributed by atoms with Gasteiger partial charge in [0.1, 0.15) is 5.75 Å². The summed E-state index contributed by atoms with van der Waals surface area (Å²) in [6.45, 7) is 3.70. The Morgan fingerprint density at radius 1 is 1.64 bits per heavy atom. The van der Waals surface area contributed by atoms with Gasteiger partial charge in [0.05, 0.1) is 10.5 Å². The molecule has 5 heteroatoms. The highest BCUT2D eigenvalue weighted by molar-refractivity contribution is 5.73. The van der Waals surface area contributed by atoms with Crippen LogP contribution in [0.5, 0.6) is 5.75 Å². The summed E-state index contributed by atoms with van der Waals surface area (Å²) in [6.07, 6.45) is 0. The number of nitrogens with zero attached hydrogens (tertiary/aromatic N) is 1. The van der Waals surface area contributed by atoms with Gasteiger partial charge >= 0.3 is 0 Å². The number of phenols is 1. The van der Waals surface area contributed by atoms with Crippen molar-refractivity contribution in [2.45, 2.75) is 0 Å². The lowest BCUT2D eigenvalue weighted by atomic mass is 10.1. The van der Waals surface area contributed by atoms with E-state index in [4.69, 9.17) is 10.8 Å². The van der Waals surface area contributed by atoms with Crippen LogP contribution in [0.4, 0.5) is 5.69 Å². The van der Waals surface area contributed by atoms with Gasteiger partial charge in [-0.05, 0) is 17.7 Å². The van der Waals surface area contributed by atoms with Crippen molar-refractivity contribution in [1.82, 2.24) is 0 Å². The first-order valence-electron chi connectivity index (χ1n) is 3.92. The first kappa shape index (κ1) is 10.2. The van der Waals surface area contributed by atoms with Crippen LogP contribution < -0.4 is 5.73 Å². The lowest BCUT2D eigenvalue weighted by molar-refractivity contribution is -0.385. The third-order valence-corrected chi connectivity index (χ3v) is 1.80. The summed E-state index contributed by atoms with van der Waals surface area (Å²) in [5, 5.41) is 19.8. The molecule has 0 spiro atoms. The highest BCUT2D eigenvalue weighted by atomic mass is 16.6. The van der Waals surface area contributed by atoms with E-state index >= 15 is 0 Å². The molecule has 0 saturated heterocycles. The standard InChI is InChI=1S/C9H10N2O3/c1-6(5-10)8-4-7(12)2-3-9(8)11(13)14/h2-4,12H,1,5,10H2. The molecule has 0 radical (unpaired) electrons. The van der Waals surface area contributed by atoms with E-state index in [0.717, 1.165) is 0 Å². The van der Waals surface area contributed by atoms with Crippen molar-refractivity contribution in [3.05, 3.63) is 40.5 Å². The number of nitro benzene ring substituents is 1. The second kappa shape index (κ2) is 3.89. The molecule has 0 aliphatic rings. The number of hydrogen-bond donors (Lipinski definition) is 2. The fourth-order valence-electron chi connectivity index (χ4n) is 1.08. The van der Waals surface area contributed by atoms with Crippen molar-refractivity contribution in [3.8, 4) is 5.75 Å². The molecule has 14 heavy (non-hydrogen) atoms. The van der Waals surface area contributed by atoms with Crippen LogP contribution in [-0.4, -0.2) is 16.6 Å². The normalized spacial score (nSPS) is 9.79. The molecule has 0 heterocycles. The van der Waals surface area contributed by atoms with E-state index in [9.17, 15) is 10.1 Å². The largest absolute Gasteiger partial charge is 0.508 e. The molecule has 0 unspecified atom stereocenters. The maximum Gasteiger partial charge on any atom is 0.277 e. The van der Waals surface area contributed by atoms with Crippen LogP contribution in [0, 0.1) is 10.1 Å². The molecule has 1 aromatic carbocycles. The Kier molecular flexibility index (Phi) is 2.83. The molecule has 0 saturated carbocycles. The summed E-state index contributed by atoms with van der Waals surface area (Å²) in [4.78, 5) is 10.1. The number of hydrogen-bond acceptors (Lipinski definition) is 4. The Morgan fingerprint density at radius 3 is 2.79 bits per heavy atom. The fourth-order valence-corrected chi connectivity index (χ4v) is 1.08. The molecule has 0 atom stereocenters. The van der Waals surface area contributed by atoms with Gasteiger partial charge in [-0.2, -0.15) is 0 Å². The first-order chi connectivity index (χ1) is 6.56. The Labute approximate surface area is 80.6 Å². The molecule has 0 aromatic heterocycles. The van der Waals surface area contributed by atoms with Crippen LogP contribution in [0.15, 0.2) is 24.8 Å². The molecule has 1 rings (SSSR count). The third-order valence-electron chi connectivity index (χ3n) is 1.80. The van der Waals surface area contributed by atoms with Gasteiger partial charge in [-0.25, -0.2) is 0 Å². The quantitative estimate of drug-likeness (QED) is 0.560. The van der Waals surface area contributed by atoms with Crippen molar-refractivity contribution < 1.29 is 10.0 Å². The third kappa shape index (κ3) is 1.89. The SMILES string of the molecule is C=C(CN)c1cc(O)ccc1[N+](=O)[O-]. The molecule has 0 aliphatic heterocycles. The molecule has 74 valence electrons. The predicted molar refractivity (Wildman–Crippen MR) is 52.8 cm³/mol. The summed E-state index contributed by atoms with van der Waals surface area (Å²) in [5.41, 5.74) is 5.92. The summed E-state index contributed by atoms with van der Waals surface area (Å²) in [7, 11) is 0. The fraction of sp³-hybridized carbons (Fsp3) is 0.111.